The molecule has 0 bridgehead atoms. The van der Waals surface area contributed by atoms with Crippen LogP contribution in [-0.4, -0.2) is 85.6 Å². The standard InChI is InChI=1S/C19H24N6O3/c1-27-18-15(3-2-6-20-18)19(26)25-9-7-23(8-10-25)16-4-5-17(22-21-16)24-11-13-28-14-12-24/h2-6H,7-14H2,1H3. The van der Waals surface area contributed by atoms with Crippen LogP contribution >= 0.6 is 0 Å². The summed E-state index contributed by atoms with van der Waals surface area (Å²) in [4.78, 5) is 23.1. The van der Waals surface area contributed by atoms with Gasteiger partial charge in [-0.1, -0.05) is 0 Å². The van der Waals surface area contributed by atoms with E-state index in [2.05, 4.69) is 25.0 Å². The van der Waals surface area contributed by atoms with Crippen LogP contribution in [0.15, 0.2) is 30.5 Å². The largest absolute Gasteiger partial charge is 0.480 e. The highest BCUT2D eigenvalue weighted by Gasteiger charge is 2.25. The van der Waals surface area contributed by atoms with E-state index in [1.807, 2.05) is 17.0 Å². The summed E-state index contributed by atoms with van der Waals surface area (Å²) in [6.45, 7) is 5.77. The Hall–Kier alpha value is -2.94. The van der Waals surface area contributed by atoms with Gasteiger partial charge >= 0.3 is 0 Å². The van der Waals surface area contributed by atoms with Gasteiger partial charge in [-0.15, -0.1) is 10.2 Å². The maximum atomic E-state index is 12.8. The van der Waals surface area contributed by atoms with E-state index in [0.717, 1.165) is 37.9 Å². The van der Waals surface area contributed by atoms with E-state index in [4.69, 9.17) is 9.47 Å². The van der Waals surface area contributed by atoms with Crippen LogP contribution in [0.4, 0.5) is 11.6 Å². The Morgan fingerprint density at radius 3 is 2.21 bits per heavy atom. The molecule has 0 saturated carbocycles. The number of pyridine rings is 1. The molecule has 148 valence electrons. The molecule has 9 nitrogen and oxygen atoms in total. The molecule has 0 aliphatic carbocycles. The van der Waals surface area contributed by atoms with Gasteiger partial charge in [0.2, 0.25) is 5.88 Å². The van der Waals surface area contributed by atoms with Crippen molar-refractivity contribution in [3.05, 3.63) is 36.0 Å². The van der Waals surface area contributed by atoms with Crippen molar-refractivity contribution >= 4 is 17.5 Å². The van der Waals surface area contributed by atoms with Crippen molar-refractivity contribution in [1.82, 2.24) is 20.1 Å². The van der Waals surface area contributed by atoms with Crippen molar-refractivity contribution in [1.29, 1.82) is 0 Å². The number of anilines is 2. The van der Waals surface area contributed by atoms with E-state index in [0.29, 0.717) is 37.6 Å². The van der Waals surface area contributed by atoms with Gasteiger partial charge in [0.05, 0.1) is 20.3 Å². The maximum Gasteiger partial charge on any atom is 0.259 e. The van der Waals surface area contributed by atoms with Gasteiger partial charge in [-0.05, 0) is 24.3 Å². The van der Waals surface area contributed by atoms with E-state index in [1.54, 1.807) is 18.3 Å². The molecule has 1 amide bonds. The van der Waals surface area contributed by atoms with Gasteiger partial charge in [-0.25, -0.2) is 4.98 Å². The van der Waals surface area contributed by atoms with E-state index in [1.165, 1.54) is 7.11 Å². The van der Waals surface area contributed by atoms with E-state index < -0.39 is 0 Å². The molecular formula is C19H24N6O3. The Bertz CT molecular complexity index is 802. The second kappa shape index (κ2) is 8.39. The van der Waals surface area contributed by atoms with Gasteiger partial charge < -0.3 is 24.2 Å². The zero-order chi connectivity index (χ0) is 19.3. The third-order valence-electron chi connectivity index (χ3n) is 5.06. The Balaban J connectivity index is 1.36. The van der Waals surface area contributed by atoms with Crippen molar-refractivity contribution in [2.24, 2.45) is 0 Å². The molecule has 4 rings (SSSR count). The van der Waals surface area contributed by atoms with Crippen molar-refractivity contribution in [3.8, 4) is 5.88 Å². The Morgan fingerprint density at radius 2 is 1.61 bits per heavy atom. The molecule has 2 fully saturated rings. The molecule has 2 aromatic heterocycles. The van der Waals surface area contributed by atoms with Crippen molar-refractivity contribution < 1.29 is 14.3 Å². The summed E-state index contributed by atoms with van der Waals surface area (Å²) in [6.07, 6.45) is 1.62. The topological polar surface area (TPSA) is 83.9 Å². The minimum absolute atomic E-state index is 0.0571. The number of ether oxygens (including phenoxy) is 2. The first-order chi connectivity index (χ1) is 13.8. The minimum atomic E-state index is -0.0571. The smallest absolute Gasteiger partial charge is 0.259 e. The number of piperazine rings is 1. The maximum absolute atomic E-state index is 12.8. The quantitative estimate of drug-likeness (QED) is 0.761. The zero-order valence-electron chi connectivity index (χ0n) is 16.0. The summed E-state index contributed by atoms with van der Waals surface area (Å²) in [7, 11) is 1.52. The molecule has 4 heterocycles. The Morgan fingerprint density at radius 1 is 0.964 bits per heavy atom. The van der Waals surface area contributed by atoms with Crippen molar-refractivity contribution in [2.75, 3.05) is 69.4 Å². The first-order valence-corrected chi connectivity index (χ1v) is 9.46. The van der Waals surface area contributed by atoms with Gasteiger partial charge in [-0.3, -0.25) is 4.79 Å². The summed E-state index contributed by atoms with van der Waals surface area (Å²) in [6, 6.07) is 7.50. The number of hydrogen-bond acceptors (Lipinski definition) is 8. The van der Waals surface area contributed by atoms with Gasteiger partial charge in [0.1, 0.15) is 5.56 Å². The third-order valence-corrected chi connectivity index (χ3v) is 5.06. The van der Waals surface area contributed by atoms with Crippen LogP contribution in [0.5, 0.6) is 5.88 Å². The first-order valence-electron chi connectivity index (χ1n) is 9.46. The Labute approximate surface area is 163 Å². The van der Waals surface area contributed by atoms with Crippen LogP contribution in [0.2, 0.25) is 0 Å². The molecule has 2 saturated heterocycles. The number of rotatable bonds is 4. The fourth-order valence-electron chi connectivity index (χ4n) is 3.47. The molecule has 0 spiro atoms. The summed E-state index contributed by atoms with van der Waals surface area (Å²) in [5.74, 6) is 2.02. The van der Waals surface area contributed by atoms with Crippen LogP contribution < -0.4 is 14.5 Å². The van der Waals surface area contributed by atoms with E-state index in [-0.39, 0.29) is 5.91 Å². The number of morpholine rings is 1. The van der Waals surface area contributed by atoms with Crippen LogP contribution in [0.25, 0.3) is 0 Å². The molecule has 2 aliphatic heterocycles. The SMILES string of the molecule is COc1ncccc1C(=O)N1CCN(c2ccc(N3CCOCC3)nn2)CC1. The molecule has 0 aromatic carbocycles. The van der Waals surface area contributed by atoms with Crippen LogP contribution in [0, 0.1) is 0 Å². The van der Waals surface area contributed by atoms with Crippen LogP contribution in [0.1, 0.15) is 10.4 Å². The summed E-state index contributed by atoms with van der Waals surface area (Å²) < 4.78 is 10.6. The lowest BCUT2D eigenvalue weighted by Gasteiger charge is -2.35. The second-order valence-corrected chi connectivity index (χ2v) is 6.69. The predicted molar refractivity (Wildman–Crippen MR) is 104 cm³/mol. The molecular weight excluding hydrogens is 360 g/mol. The molecule has 28 heavy (non-hydrogen) atoms. The number of methoxy groups -OCH3 is 1. The normalized spacial score (nSPS) is 17.5. The number of nitrogens with zero attached hydrogens (tertiary/aromatic N) is 6. The zero-order valence-corrected chi connectivity index (χ0v) is 16.0. The number of hydrogen-bond donors (Lipinski definition) is 0. The highest BCUT2D eigenvalue weighted by Crippen LogP contribution is 2.20. The second-order valence-electron chi connectivity index (χ2n) is 6.69. The summed E-state index contributed by atoms with van der Waals surface area (Å²) in [5.41, 5.74) is 0.494. The fourth-order valence-corrected chi connectivity index (χ4v) is 3.47. The number of amides is 1. The molecule has 0 radical (unpaired) electrons. The average Bonchev–Trinajstić information content (AvgIpc) is 2.79. The molecule has 2 aliphatic rings. The average molecular weight is 384 g/mol. The first kappa shape index (κ1) is 18.4. The van der Waals surface area contributed by atoms with Gasteiger partial charge in [0, 0.05) is 45.5 Å². The van der Waals surface area contributed by atoms with E-state index in [9.17, 15) is 4.79 Å². The molecule has 9 heteroatoms. The fraction of sp³-hybridized carbons (Fsp3) is 0.474. The Kier molecular flexibility index (Phi) is 5.52. The third kappa shape index (κ3) is 3.84. The summed E-state index contributed by atoms with van der Waals surface area (Å²) in [5, 5.41) is 8.77. The lowest BCUT2D eigenvalue weighted by atomic mass is 10.2. The molecule has 0 atom stereocenters. The van der Waals surface area contributed by atoms with Gasteiger partial charge in [0.25, 0.3) is 5.91 Å². The molecule has 0 unspecified atom stereocenters. The molecule has 0 N–H and O–H groups in total. The minimum Gasteiger partial charge on any atom is -0.480 e. The number of carbonyl (C=O) groups excluding carboxylic acids is 1. The lowest BCUT2D eigenvalue weighted by molar-refractivity contribution is 0.0742. The van der Waals surface area contributed by atoms with Gasteiger partial charge in [-0.2, -0.15) is 0 Å². The number of aromatic nitrogens is 3. The van der Waals surface area contributed by atoms with Crippen molar-refractivity contribution in [3.63, 3.8) is 0 Å². The highest BCUT2D eigenvalue weighted by atomic mass is 16.5. The highest BCUT2D eigenvalue weighted by molar-refractivity contribution is 5.96. The van der Waals surface area contributed by atoms with Crippen molar-refractivity contribution in [2.45, 2.75) is 0 Å². The predicted octanol–water partition coefficient (Wildman–Crippen LogP) is 0.679. The summed E-state index contributed by atoms with van der Waals surface area (Å²) >= 11 is 0. The lowest BCUT2D eigenvalue weighted by Crippen LogP contribution is -2.49. The van der Waals surface area contributed by atoms with E-state index >= 15 is 0 Å². The van der Waals surface area contributed by atoms with Gasteiger partial charge in [0.15, 0.2) is 11.6 Å². The van der Waals surface area contributed by atoms with Crippen LogP contribution in [-0.2, 0) is 4.74 Å². The monoisotopic (exact) mass is 384 g/mol. The number of carbonyl (C=O) groups is 1. The van der Waals surface area contributed by atoms with Crippen LogP contribution in [0.3, 0.4) is 0 Å². The molecule has 2 aromatic rings.